The van der Waals surface area contributed by atoms with Crippen LogP contribution in [-0.4, -0.2) is 16.1 Å². The van der Waals surface area contributed by atoms with Crippen molar-refractivity contribution in [3.63, 3.8) is 0 Å². The summed E-state index contributed by atoms with van der Waals surface area (Å²) in [5, 5.41) is 22.1. The van der Waals surface area contributed by atoms with Gasteiger partial charge in [-0.1, -0.05) is 12.1 Å². The molecule has 0 bridgehead atoms. The van der Waals surface area contributed by atoms with Crippen LogP contribution in [0.4, 0.5) is 5.69 Å². The maximum atomic E-state index is 12.3. The summed E-state index contributed by atoms with van der Waals surface area (Å²) in [6, 6.07) is 15.1. The summed E-state index contributed by atoms with van der Waals surface area (Å²) in [7, 11) is 0. The van der Waals surface area contributed by atoms with Crippen LogP contribution in [0.2, 0.25) is 0 Å². The fourth-order valence-corrected chi connectivity index (χ4v) is 3.04. The number of carbonyl (C=O) groups is 1. The molecule has 0 radical (unpaired) electrons. The topological polar surface area (TPSA) is 96.0 Å². The Hall–Kier alpha value is -2.85. The molecule has 0 spiro atoms. The summed E-state index contributed by atoms with van der Waals surface area (Å²) in [4.78, 5) is 23.3. The zero-order valence-corrected chi connectivity index (χ0v) is 14.6. The van der Waals surface area contributed by atoms with Gasteiger partial charge < -0.3 is 5.32 Å². The molecule has 0 aliphatic heterocycles. The molecule has 1 N–H and O–H groups in total. The molecule has 7 heteroatoms. The normalized spacial score (nSPS) is 12.7. The number of amides is 1. The van der Waals surface area contributed by atoms with E-state index in [-0.39, 0.29) is 22.9 Å². The fourth-order valence-electron chi connectivity index (χ4n) is 2.16. The van der Waals surface area contributed by atoms with Crippen LogP contribution in [0, 0.1) is 21.4 Å². The number of nitrogens with one attached hydrogen (secondary N) is 1. The third-order valence-corrected chi connectivity index (χ3v) is 4.74. The van der Waals surface area contributed by atoms with Gasteiger partial charge in [-0.15, -0.1) is 11.8 Å². The van der Waals surface area contributed by atoms with E-state index in [9.17, 15) is 14.9 Å². The van der Waals surface area contributed by atoms with Gasteiger partial charge in [0, 0.05) is 17.0 Å². The lowest BCUT2D eigenvalue weighted by molar-refractivity contribution is -0.384. The van der Waals surface area contributed by atoms with E-state index in [1.54, 1.807) is 31.2 Å². The van der Waals surface area contributed by atoms with Crippen molar-refractivity contribution in [2.45, 2.75) is 30.0 Å². The summed E-state index contributed by atoms with van der Waals surface area (Å²) < 4.78 is 0. The Morgan fingerprint density at radius 1 is 1.16 bits per heavy atom. The highest BCUT2D eigenvalue weighted by molar-refractivity contribution is 8.00. The summed E-state index contributed by atoms with van der Waals surface area (Å²) in [6.45, 7) is 3.66. The van der Waals surface area contributed by atoms with Gasteiger partial charge in [-0.25, -0.2) is 0 Å². The number of hydrogen-bond acceptors (Lipinski definition) is 5. The van der Waals surface area contributed by atoms with Crippen molar-refractivity contribution in [1.29, 1.82) is 5.26 Å². The standard InChI is InChI=1S/C18H17N3O3S/c1-12(15-5-3-14(11-19)4-6-15)20-18(22)13(2)25-17-9-7-16(8-10-17)21(23)24/h3-10,12-13H,1-2H3,(H,20,22). The van der Waals surface area contributed by atoms with Crippen molar-refractivity contribution in [2.24, 2.45) is 0 Å². The van der Waals surface area contributed by atoms with Gasteiger partial charge in [-0.3, -0.25) is 14.9 Å². The second-order valence-electron chi connectivity index (χ2n) is 5.48. The first-order valence-corrected chi connectivity index (χ1v) is 8.50. The molecule has 6 nitrogen and oxygen atoms in total. The second-order valence-corrected chi connectivity index (χ2v) is 6.89. The van der Waals surface area contributed by atoms with Crippen LogP contribution in [-0.2, 0) is 4.79 Å². The number of nitro benzene ring substituents is 1. The number of nitrogens with zero attached hydrogens (tertiary/aromatic N) is 2. The third-order valence-electron chi connectivity index (χ3n) is 3.63. The highest BCUT2D eigenvalue weighted by Crippen LogP contribution is 2.26. The Kier molecular flexibility index (Phi) is 6.14. The number of benzene rings is 2. The third kappa shape index (κ3) is 5.06. The molecule has 0 fully saturated rings. The van der Waals surface area contributed by atoms with Crippen LogP contribution in [0.5, 0.6) is 0 Å². The fraction of sp³-hybridized carbons (Fsp3) is 0.222. The smallest absolute Gasteiger partial charge is 0.269 e. The van der Waals surface area contributed by atoms with Crippen LogP contribution in [0.15, 0.2) is 53.4 Å². The first-order valence-electron chi connectivity index (χ1n) is 7.62. The van der Waals surface area contributed by atoms with Gasteiger partial charge in [0.05, 0.1) is 27.8 Å². The van der Waals surface area contributed by atoms with E-state index in [1.807, 2.05) is 19.1 Å². The SMILES string of the molecule is CC(Sc1ccc([N+](=O)[O-])cc1)C(=O)NC(C)c1ccc(C#N)cc1. The van der Waals surface area contributed by atoms with Crippen molar-refractivity contribution in [2.75, 3.05) is 0 Å². The number of thioether (sulfide) groups is 1. The molecule has 0 saturated heterocycles. The Balaban J connectivity index is 1.94. The molecule has 2 atom stereocenters. The van der Waals surface area contributed by atoms with E-state index in [4.69, 9.17) is 5.26 Å². The lowest BCUT2D eigenvalue weighted by atomic mass is 10.1. The maximum absolute atomic E-state index is 12.3. The van der Waals surface area contributed by atoms with Crippen LogP contribution >= 0.6 is 11.8 Å². The quantitative estimate of drug-likeness (QED) is 0.483. The molecule has 128 valence electrons. The molecule has 0 heterocycles. The molecule has 2 rings (SSSR count). The second kappa shape index (κ2) is 8.31. The van der Waals surface area contributed by atoms with Crippen molar-refractivity contribution in [3.8, 4) is 6.07 Å². The lowest BCUT2D eigenvalue weighted by Gasteiger charge is -2.18. The number of nitro groups is 1. The van der Waals surface area contributed by atoms with Gasteiger partial charge >= 0.3 is 0 Å². The van der Waals surface area contributed by atoms with Gasteiger partial charge in [-0.2, -0.15) is 5.26 Å². The zero-order valence-electron chi connectivity index (χ0n) is 13.8. The van der Waals surface area contributed by atoms with E-state index >= 15 is 0 Å². The Morgan fingerprint density at radius 3 is 2.28 bits per heavy atom. The summed E-state index contributed by atoms with van der Waals surface area (Å²) >= 11 is 1.34. The number of non-ortho nitro benzene ring substituents is 1. The van der Waals surface area contributed by atoms with E-state index in [0.717, 1.165) is 10.5 Å². The first-order chi connectivity index (χ1) is 11.9. The zero-order chi connectivity index (χ0) is 18.4. The Morgan fingerprint density at radius 2 is 1.76 bits per heavy atom. The van der Waals surface area contributed by atoms with Gasteiger partial charge in [0.25, 0.3) is 5.69 Å². The number of carbonyl (C=O) groups excluding carboxylic acids is 1. The molecule has 2 aromatic rings. The van der Waals surface area contributed by atoms with Crippen LogP contribution in [0.3, 0.4) is 0 Å². The molecule has 1 amide bonds. The minimum Gasteiger partial charge on any atom is -0.349 e. The van der Waals surface area contributed by atoms with E-state index in [2.05, 4.69) is 11.4 Å². The largest absolute Gasteiger partial charge is 0.349 e. The predicted molar refractivity (Wildman–Crippen MR) is 96.1 cm³/mol. The van der Waals surface area contributed by atoms with Gasteiger partial charge in [0.2, 0.25) is 5.91 Å². The molecular weight excluding hydrogens is 338 g/mol. The van der Waals surface area contributed by atoms with Crippen LogP contribution in [0.1, 0.15) is 31.0 Å². The average molecular weight is 355 g/mol. The number of hydrogen-bond donors (Lipinski definition) is 1. The Labute approximate surface area is 150 Å². The first kappa shape index (κ1) is 18.5. The monoisotopic (exact) mass is 355 g/mol. The Bertz CT molecular complexity index is 798. The highest BCUT2D eigenvalue weighted by Gasteiger charge is 2.18. The van der Waals surface area contributed by atoms with E-state index in [0.29, 0.717) is 5.56 Å². The van der Waals surface area contributed by atoms with Crippen LogP contribution < -0.4 is 5.32 Å². The molecule has 2 aromatic carbocycles. The maximum Gasteiger partial charge on any atom is 0.269 e. The van der Waals surface area contributed by atoms with Crippen molar-refractivity contribution in [3.05, 3.63) is 69.8 Å². The van der Waals surface area contributed by atoms with Crippen molar-refractivity contribution >= 4 is 23.4 Å². The lowest BCUT2D eigenvalue weighted by Crippen LogP contribution is -2.33. The molecule has 0 aromatic heterocycles. The molecule has 0 aliphatic rings. The summed E-state index contributed by atoms with van der Waals surface area (Å²) in [5.74, 6) is -0.125. The number of rotatable bonds is 6. The van der Waals surface area contributed by atoms with E-state index in [1.165, 1.54) is 23.9 Å². The van der Waals surface area contributed by atoms with Crippen LogP contribution in [0.25, 0.3) is 0 Å². The molecule has 25 heavy (non-hydrogen) atoms. The van der Waals surface area contributed by atoms with E-state index < -0.39 is 4.92 Å². The van der Waals surface area contributed by atoms with Crippen molar-refractivity contribution < 1.29 is 9.72 Å². The molecule has 2 unspecified atom stereocenters. The molecule has 0 saturated carbocycles. The molecule has 0 aliphatic carbocycles. The summed E-state index contributed by atoms with van der Waals surface area (Å²) in [6.07, 6.45) is 0. The minimum atomic E-state index is -0.455. The van der Waals surface area contributed by atoms with Gasteiger partial charge in [0.1, 0.15) is 0 Å². The predicted octanol–water partition coefficient (Wildman–Crippen LogP) is 3.82. The summed E-state index contributed by atoms with van der Waals surface area (Å²) in [5.41, 5.74) is 1.51. The number of nitriles is 1. The molecular formula is C18H17N3O3S. The average Bonchev–Trinajstić information content (AvgIpc) is 2.62. The van der Waals surface area contributed by atoms with Crippen molar-refractivity contribution in [1.82, 2.24) is 5.32 Å². The van der Waals surface area contributed by atoms with Gasteiger partial charge in [-0.05, 0) is 43.7 Å². The van der Waals surface area contributed by atoms with Gasteiger partial charge in [0.15, 0.2) is 0 Å². The highest BCUT2D eigenvalue weighted by atomic mass is 32.2. The minimum absolute atomic E-state index is 0.0240.